The Kier molecular flexibility index (Phi) is 2.83. The van der Waals surface area contributed by atoms with E-state index in [9.17, 15) is 5.11 Å². The van der Waals surface area contributed by atoms with Gasteiger partial charge in [-0.15, -0.1) is 0 Å². The zero-order valence-electron chi connectivity index (χ0n) is 12.6. The lowest BCUT2D eigenvalue weighted by Gasteiger charge is -2.35. The Morgan fingerprint density at radius 1 is 1.38 bits per heavy atom. The number of hydrogen-bond acceptors (Lipinski definition) is 3. The Bertz CT molecular complexity index is 607. The van der Waals surface area contributed by atoms with Crippen LogP contribution in [0.2, 0.25) is 0 Å². The molecule has 0 saturated heterocycles. The van der Waals surface area contributed by atoms with E-state index in [2.05, 4.69) is 19.1 Å². The molecule has 0 radical (unpaired) electrons. The Morgan fingerprint density at radius 3 is 3.05 bits per heavy atom. The van der Waals surface area contributed by atoms with Crippen molar-refractivity contribution < 1.29 is 14.6 Å². The highest BCUT2D eigenvalue weighted by molar-refractivity contribution is 5.61. The number of aliphatic hydroxyl groups excluding tert-OH is 1. The van der Waals surface area contributed by atoms with Crippen LogP contribution in [0.3, 0.4) is 0 Å². The van der Waals surface area contributed by atoms with Crippen LogP contribution in [0, 0.1) is 5.92 Å². The molecule has 0 saturated carbocycles. The van der Waals surface area contributed by atoms with Gasteiger partial charge in [-0.05, 0) is 36.8 Å². The summed E-state index contributed by atoms with van der Waals surface area (Å²) in [7, 11) is 1.69. The Morgan fingerprint density at radius 2 is 2.24 bits per heavy atom. The molecule has 3 heteroatoms. The predicted molar refractivity (Wildman–Crippen MR) is 81.0 cm³/mol. The molecule has 1 N–H and O–H groups in total. The van der Waals surface area contributed by atoms with Crippen molar-refractivity contribution in [2.45, 2.75) is 50.2 Å². The number of rotatable bonds is 1. The molecule has 1 spiro atoms. The predicted octanol–water partition coefficient (Wildman–Crippen LogP) is 2.99. The fraction of sp³-hybridized carbons (Fsp3) is 0.556. The van der Waals surface area contributed by atoms with Crippen LogP contribution in [-0.2, 0) is 11.8 Å². The highest BCUT2D eigenvalue weighted by Crippen LogP contribution is 2.56. The summed E-state index contributed by atoms with van der Waals surface area (Å²) in [6, 6.07) is 4.23. The lowest BCUT2D eigenvalue weighted by Crippen LogP contribution is -2.41. The van der Waals surface area contributed by atoms with Gasteiger partial charge in [-0.3, -0.25) is 0 Å². The quantitative estimate of drug-likeness (QED) is 0.807. The minimum absolute atomic E-state index is 0.0350. The SMILES string of the molecule is COc1ccc2c3c1O[C@H]1C[C@@H](O)C=C[C@@]31CCC(C)C2. The molecule has 0 fully saturated rings. The van der Waals surface area contributed by atoms with E-state index in [0.29, 0.717) is 12.3 Å². The normalized spacial score (nSPS) is 36.4. The fourth-order valence-electron chi connectivity index (χ4n) is 4.33. The molecule has 21 heavy (non-hydrogen) atoms. The summed E-state index contributed by atoms with van der Waals surface area (Å²) in [4.78, 5) is 0. The van der Waals surface area contributed by atoms with Gasteiger partial charge in [-0.2, -0.15) is 0 Å². The van der Waals surface area contributed by atoms with Crippen LogP contribution in [0.25, 0.3) is 0 Å². The van der Waals surface area contributed by atoms with Gasteiger partial charge in [0.25, 0.3) is 0 Å². The Labute approximate surface area is 125 Å². The summed E-state index contributed by atoms with van der Waals surface area (Å²) in [5.41, 5.74) is 2.64. The molecule has 0 bridgehead atoms. The third kappa shape index (κ3) is 1.76. The number of ether oxygens (including phenoxy) is 2. The van der Waals surface area contributed by atoms with Crippen LogP contribution in [0.1, 0.15) is 37.3 Å². The van der Waals surface area contributed by atoms with Crippen molar-refractivity contribution >= 4 is 0 Å². The van der Waals surface area contributed by atoms with E-state index in [1.807, 2.05) is 12.1 Å². The van der Waals surface area contributed by atoms with Gasteiger partial charge in [0.2, 0.25) is 0 Å². The first-order chi connectivity index (χ1) is 10.1. The lowest BCUT2D eigenvalue weighted by molar-refractivity contribution is 0.0832. The number of methoxy groups -OCH3 is 1. The van der Waals surface area contributed by atoms with Crippen LogP contribution < -0.4 is 9.47 Å². The van der Waals surface area contributed by atoms with E-state index in [1.54, 1.807) is 7.11 Å². The molecule has 1 aromatic rings. The Balaban J connectivity index is 1.95. The van der Waals surface area contributed by atoms with Crippen LogP contribution in [0.15, 0.2) is 24.3 Å². The molecule has 3 nitrogen and oxygen atoms in total. The second-order valence-corrected chi connectivity index (χ2v) is 6.79. The van der Waals surface area contributed by atoms with E-state index in [-0.39, 0.29) is 11.5 Å². The summed E-state index contributed by atoms with van der Waals surface area (Å²) >= 11 is 0. The van der Waals surface area contributed by atoms with Crippen LogP contribution in [0.4, 0.5) is 0 Å². The molecule has 112 valence electrons. The molecule has 0 aromatic heterocycles. The fourth-order valence-corrected chi connectivity index (χ4v) is 4.33. The minimum Gasteiger partial charge on any atom is -0.493 e. The summed E-state index contributed by atoms with van der Waals surface area (Å²) in [5, 5.41) is 9.98. The summed E-state index contributed by atoms with van der Waals surface area (Å²) in [5.74, 6) is 2.41. The van der Waals surface area contributed by atoms with Crippen molar-refractivity contribution in [2.24, 2.45) is 5.92 Å². The van der Waals surface area contributed by atoms with Gasteiger partial charge in [-0.1, -0.05) is 25.1 Å². The lowest BCUT2D eigenvalue weighted by atomic mass is 9.69. The van der Waals surface area contributed by atoms with Gasteiger partial charge in [0.05, 0.1) is 18.6 Å². The van der Waals surface area contributed by atoms with E-state index >= 15 is 0 Å². The summed E-state index contributed by atoms with van der Waals surface area (Å²) < 4.78 is 11.8. The average Bonchev–Trinajstić information content (AvgIpc) is 2.72. The highest BCUT2D eigenvalue weighted by Gasteiger charge is 2.52. The van der Waals surface area contributed by atoms with E-state index in [4.69, 9.17) is 9.47 Å². The van der Waals surface area contributed by atoms with Gasteiger partial charge in [0.15, 0.2) is 11.5 Å². The van der Waals surface area contributed by atoms with E-state index in [1.165, 1.54) is 17.5 Å². The maximum absolute atomic E-state index is 9.98. The number of aliphatic hydroxyl groups is 1. The number of hydrogen-bond donors (Lipinski definition) is 1. The first-order valence-electron chi connectivity index (χ1n) is 7.88. The standard InChI is InChI=1S/C18H22O3/c1-11-5-7-18-8-6-13(19)10-15(18)21-17-14(20-2)4-3-12(9-11)16(17)18/h3-4,6,8,11,13,15,19H,5,7,9-10H2,1-2H3/t11?,13-,15-,18+/m0/s1. The van der Waals surface area contributed by atoms with Crippen molar-refractivity contribution in [1.29, 1.82) is 0 Å². The molecule has 1 aliphatic heterocycles. The zero-order valence-corrected chi connectivity index (χ0v) is 12.6. The zero-order chi connectivity index (χ0) is 14.6. The first kappa shape index (κ1) is 13.2. The van der Waals surface area contributed by atoms with Gasteiger partial charge < -0.3 is 14.6 Å². The van der Waals surface area contributed by atoms with Crippen LogP contribution >= 0.6 is 0 Å². The molecule has 4 atom stereocenters. The molecule has 1 unspecified atom stereocenters. The summed E-state index contributed by atoms with van der Waals surface area (Å²) in [6.45, 7) is 2.32. The molecule has 3 aliphatic rings. The largest absolute Gasteiger partial charge is 0.493 e. The van der Waals surface area contributed by atoms with E-state index < -0.39 is 6.10 Å². The topological polar surface area (TPSA) is 38.7 Å². The molecular formula is C18H22O3. The monoisotopic (exact) mass is 286 g/mol. The highest BCUT2D eigenvalue weighted by atomic mass is 16.5. The van der Waals surface area contributed by atoms with Gasteiger partial charge >= 0.3 is 0 Å². The van der Waals surface area contributed by atoms with Gasteiger partial charge in [-0.25, -0.2) is 0 Å². The van der Waals surface area contributed by atoms with Crippen molar-refractivity contribution in [3.8, 4) is 11.5 Å². The third-order valence-corrected chi connectivity index (χ3v) is 5.42. The summed E-state index contributed by atoms with van der Waals surface area (Å²) in [6.07, 6.45) is 7.85. The molecular weight excluding hydrogens is 264 g/mol. The molecule has 1 heterocycles. The maximum atomic E-state index is 9.98. The average molecular weight is 286 g/mol. The minimum atomic E-state index is -0.398. The first-order valence-corrected chi connectivity index (χ1v) is 7.88. The molecule has 2 aliphatic carbocycles. The smallest absolute Gasteiger partial charge is 0.166 e. The second-order valence-electron chi connectivity index (χ2n) is 6.79. The molecule has 0 amide bonds. The van der Waals surface area contributed by atoms with Crippen molar-refractivity contribution in [3.05, 3.63) is 35.4 Å². The van der Waals surface area contributed by atoms with Crippen molar-refractivity contribution in [3.63, 3.8) is 0 Å². The van der Waals surface area contributed by atoms with Crippen molar-refractivity contribution in [2.75, 3.05) is 7.11 Å². The Hall–Kier alpha value is -1.48. The van der Waals surface area contributed by atoms with E-state index in [0.717, 1.165) is 24.3 Å². The van der Waals surface area contributed by atoms with Crippen LogP contribution in [0.5, 0.6) is 11.5 Å². The van der Waals surface area contributed by atoms with Gasteiger partial charge in [0.1, 0.15) is 6.10 Å². The van der Waals surface area contributed by atoms with Crippen molar-refractivity contribution in [1.82, 2.24) is 0 Å². The third-order valence-electron chi connectivity index (χ3n) is 5.42. The number of benzene rings is 1. The maximum Gasteiger partial charge on any atom is 0.166 e. The van der Waals surface area contributed by atoms with Gasteiger partial charge in [0, 0.05) is 12.0 Å². The van der Waals surface area contributed by atoms with Crippen LogP contribution in [-0.4, -0.2) is 24.4 Å². The molecule has 1 aromatic carbocycles. The molecule has 4 rings (SSSR count). The second kappa shape index (κ2) is 4.51.